The van der Waals surface area contributed by atoms with Crippen molar-refractivity contribution in [2.45, 2.75) is 6.54 Å². The predicted molar refractivity (Wildman–Crippen MR) is 121 cm³/mol. The molecule has 0 aliphatic heterocycles. The van der Waals surface area contributed by atoms with Crippen LogP contribution in [0.3, 0.4) is 0 Å². The normalized spacial score (nSPS) is 10.7. The molecular weight excluding hydrogens is 436 g/mol. The van der Waals surface area contributed by atoms with Gasteiger partial charge in [0, 0.05) is 5.39 Å². The summed E-state index contributed by atoms with van der Waals surface area (Å²) in [6.07, 6.45) is 4.18. The molecule has 0 spiro atoms. The van der Waals surface area contributed by atoms with E-state index in [1.807, 2.05) is 6.07 Å². The molecule has 0 saturated carbocycles. The van der Waals surface area contributed by atoms with Gasteiger partial charge < -0.3 is 18.6 Å². The molecule has 5 rings (SSSR count). The van der Waals surface area contributed by atoms with Crippen LogP contribution in [-0.2, 0) is 6.54 Å². The SMILES string of the molecule is N#Cc1c(N(C(=O)c2ccco2)C(=O)c2ccco2)nc2ccccc2c1NCc1ccco1. The van der Waals surface area contributed by atoms with Crippen LogP contribution < -0.4 is 10.2 Å². The zero-order valence-corrected chi connectivity index (χ0v) is 17.6. The molecule has 2 amide bonds. The summed E-state index contributed by atoms with van der Waals surface area (Å²) in [5.41, 5.74) is 0.886. The number of rotatable bonds is 6. The van der Waals surface area contributed by atoms with Crippen LogP contribution in [0.25, 0.3) is 10.9 Å². The van der Waals surface area contributed by atoms with Crippen LogP contribution >= 0.6 is 0 Å². The van der Waals surface area contributed by atoms with Gasteiger partial charge in [-0.1, -0.05) is 18.2 Å². The number of amides is 2. The van der Waals surface area contributed by atoms with E-state index in [2.05, 4.69) is 16.4 Å². The smallest absolute Gasteiger partial charge is 0.302 e. The van der Waals surface area contributed by atoms with Gasteiger partial charge in [-0.25, -0.2) is 9.88 Å². The number of benzene rings is 1. The summed E-state index contributed by atoms with van der Waals surface area (Å²) in [6.45, 7) is 0.271. The van der Waals surface area contributed by atoms with E-state index in [0.717, 1.165) is 4.90 Å². The average molecular weight is 452 g/mol. The molecule has 0 unspecified atom stereocenters. The summed E-state index contributed by atoms with van der Waals surface area (Å²) in [6, 6.07) is 18.7. The molecule has 0 saturated heterocycles. The number of anilines is 2. The number of imide groups is 1. The van der Waals surface area contributed by atoms with Crippen molar-refractivity contribution in [1.29, 1.82) is 5.26 Å². The number of aromatic nitrogens is 1. The molecule has 5 aromatic rings. The first kappa shape index (κ1) is 20.8. The van der Waals surface area contributed by atoms with E-state index in [1.165, 1.54) is 36.8 Å². The van der Waals surface area contributed by atoms with Crippen molar-refractivity contribution in [3.8, 4) is 6.07 Å². The Kier molecular flexibility index (Phi) is 5.38. The van der Waals surface area contributed by atoms with Crippen molar-refractivity contribution in [3.63, 3.8) is 0 Å². The van der Waals surface area contributed by atoms with Crippen LogP contribution in [0.2, 0.25) is 0 Å². The van der Waals surface area contributed by atoms with Gasteiger partial charge in [0.25, 0.3) is 0 Å². The third kappa shape index (κ3) is 3.69. The van der Waals surface area contributed by atoms with E-state index in [-0.39, 0.29) is 29.4 Å². The standard InChI is InChI=1S/C25H16N4O5/c26-14-18-22(27-15-16-6-3-11-32-16)17-7-1-2-8-19(17)28-23(18)29(24(30)20-9-4-12-33-20)25(31)21-10-5-13-34-21/h1-13H,15H2,(H,27,28). The Morgan fingerprint density at radius 2 is 1.53 bits per heavy atom. The Bertz CT molecular complexity index is 1450. The second-order valence-electron chi connectivity index (χ2n) is 7.15. The van der Waals surface area contributed by atoms with Crippen LogP contribution in [0.1, 0.15) is 32.4 Å². The summed E-state index contributed by atoms with van der Waals surface area (Å²) < 4.78 is 15.9. The highest BCUT2D eigenvalue weighted by molar-refractivity contribution is 6.25. The number of carbonyl (C=O) groups is 2. The maximum absolute atomic E-state index is 13.4. The molecule has 0 atom stereocenters. The van der Waals surface area contributed by atoms with Crippen molar-refractivity contribution >= 4 is 34.2 Å². The molecule has 4 heterocycles. The Labute approximate surface area is 192 Å². The molecule has 0 fully saturated rings. The van der Waals surface area contributed by atoms with Gasteiger partial charge in [-0.05, 0) is 42.5 Å². The number of hydrogen-bond donors (Lipinski definition) is 1. The number of para-hydroxylation sites is 1. The highest BCUT2D eigenvalue weighted by Crippen LogP contribution is 2.34. The zero-order valence-electron chi connectivity index (χ0n) is 17.6. The minimum absolute atomic E-state index is 0.00469. The maximum Gasteiger partial charge on any atom is 0.302 e. The zero-order chi connectivity index (χ0) is 23.5. The van der Waals surface area contributed by atoms with Crippen molar-refractivity contribution in [2.24, 2.45) is 0 Å². The second-order valence-corrected chi connectivity index (χ2v) is 7.15. The van der Waals surface area contributed by atoms with Crippen LogP contribution in [0.5, 0.6) is 0 Å². The maximum atomic E-state index is 13.4. The van der Waals surface area contributed by atoms with Crippen molar-refractivity contribution in [3.05, 3.63) is 102 Å². The summed E-state index contributed by atoms with van der Waals surface area (Å²) in [5, 5.41) is 14.0. The van der Waals surface area contributed by atoms with Crippen LogP contribution in [0.15, 0.2) is 92.7 Å². The molecule has 34 heavy (non-hydrogen) atoms. The number of carbonyl (C=O) groups excluding carboxylic acids is 2. The lowest BCUT2D eigenvalue weighted by Crippen LogP contribution is -2.38. The first-order valence-corrected chi connectivity index (χ1v) is 10.2. The number of furan rings is 3. The van der Waals surface area contributed by atoms with Crippen molar-refractivity contribution in [2.75, 3.05) is 10.2 Å². The fourth-order valence-electron chi connectivity index (χ4n) is 3.54. The molecular formula is C25H16N4O5. The summed E-state index contributed by atoms with van der Waals surface area (Å²) in [4.78, 5) is 32.1. The second kappa shape index (κ2) is 8.80. The van der Waals surface area contributed by atoms with Gasteiger partial charge in [0.1, 0.15) is 17.4 Å². The fraction of sp³-hybridized carbons (Fsp3) is 0.0400. The number of nitrogens with one attached hydrogen (secondary N) is 1. The third-order valence-electron chi connectivity index (χ3n) is 5.09. The molecule has 0 bridgehead atoms. The highest BCUT2D eigenvalue weighted by atomic mass is 16.3. The van der Waals surface area contributed by atoms with Gasteiger partial charge in [0.2, 0.25) is 0 Å². The van der Waals surface area contributed by atoms with Crippen molar-refractivity contribution < 1.29 is 22.8 Å². The van der Waals surface area contributed by atoms with Crippen LogP contribution in [-0.4, -0.2) is 16.8 Å². The Hall–Kier alpha value is -5.10. The minimum Gasteiger partial charge on any atom is -0.467 e. The van der Waals surface area contributed by atoms with Gasteiger partial charge in [0.15, 0.2) is 17.3 Å². The largest absolute Gasteiger partial charge is 0.467 e. The van der Waals surface area contributed by atoms with E-state index in [4.69, 9.17) is 13.3 Å². The van der Waals surface area contributed by atoms with E-state index < -0.39 is 11.8 Å². The molecule has 1 N–H and O–H groups in total. The molecule has 166 valence electrons. The lowest BCUT2D eigenvalue weighted by Gasteiger charge is -2.22. The van der Waals surface area contributed by atoms with Gasteiger partial charge in [-0.3, -0.25) is 9.59 Å². The third-order valence-corrected chi connectivity index (χ3v) is 5.09. The average Bonchev–Trinajstić information content (AvgIpc) is 3.65. The predicted octanol–water partition coefficient (Wildman–Crippen LogP) is 4.98. The molecule has 0 aliphatic carbocycles. The quantitative estimate of drug-likeness (QED) is 0.357. The Balaban J connectivity index is 1.71. The number of nitriles is 1. The number of pyridine rings is 1. The number of fused-ring (bicyclic) bond motifs is 1. The molecule has 0 radical (unpaired) electrons. The van der Waals surface area contributed by atoms with Crippen LogP contribution in [0, 0.1) is 11.3 Å². The van der Waals surface area contributed by atoms with E-state index in [0.29, 0.717) is 22.4 Å². The fourth-order valence-corrected chi connectivity index (χ4v) is 3.54. The summed E-state index contributed by atoms with van der Waals surface area (Å²) >= 11 is 0. The van der Waals surface area contributed by atoms with Gasteiger partial charge >= 0.3 is 11.8 Å². The Morgan fingerprint density at radius 1 is 0.882 bits per heavy atom. The first-order chi connectivity index (χ1) is 16.7. The van der Waals surface area contributed by atoms with Crippen molar-refractivity contribution in [1.82, 2.24) is 4.98 Å². The van der Waals surface area contributed by atoms with Gasteiger partial charge in [-0.2, -0.15) is 5.26 Å². The monoisotopic (exact) mass is 452 g/mol. The topological polar surface area (TPSA) is 126 Å². The molecule has 1 aromatic carbocycles. The lowest BCUT2D eigenvalue weighted by molar-refractivity contribution is 0.0866. The molecule has 9 nitrogen and oxygen atoms in total. The van der Waals surface area contributed by atoms with Gasteiger partial charge in [0.05, 0.1) is 36.5 Å². The lowest BCUT2D eigenvalue weighted by atomic mass is 10.1. The summed E-state index contributed by atoms with van der Waals surface area (Å²) in [5.74, 6) is -1.27. The summed E-state index contributed by atoms with van der Waals surface area (Å²) in [7, 11) is 0. The van der Waals surface area contributed by atoms with E-state index >= 15 is 0 Å². The molecule has 4 aromatic heterocycles. The van der Waals surface area contributed by atoms with Crippen LogP contribution in [0.4, 0.5) is 11.5 Å². The Morgan fingerprint density at radius 3 is 2.12 bits per heavy atom. The van der Waals surface area contributed by atoms with Gasteiger partial charge in [-0.15, -0.1) is 0 Å². The number of hydrogen-bond acceptors (Lipinski definition) is 8. The first-order valence-electron chi connectivity index (χ1n) is 10.2. The molecule has 9 heteroatoms. The van der Waals surface area contributed by atoms with E-state index in [9.17, 15) is 14.9 Å². The number of nitrogens with zero attached hydrogens (tertiary/aromatic N) is 3. The molecule has 0 aliphatic rings. The van der Waals surface area contributed by atoms with E-state index in [1.54, 1.807) is 36.6 Å². The highest BCUT2D eigenvalue weighted by Gasteiger charge is 2.34. The minimum atomic E-state index is -0.789.